The molecule has 3 rings (SSSR count). The SMILES string of the molecule is NC(=O)c1ccc(NC(=O)[C@@H](N)Cc2ccc(N=C(N)N)cc2)cc1OCc1ccc(F)cc1. The number of nitrogens with zero attached hydrogens (tertiary/aromatic N) is 1. The number of amides is 2. The number of rotatable bonds is 9. The quantitative estimate of drug-likeness (QED) is 0.239. The van der Waals surface area contributed by atoms with E-state index in [2.05, 4.69) is 10.3 Å². The fraction of sp³-hybridized carbons (Fsp3) is 0.125. The van der Waals surface area contributed by atoms with E-state index in [0.29, 0.717) is 16.9 Å². The minimum absolute atomic E-state index is 0.0489. The third kappa shape index (κ3) is 6.78. The number of aliphatic imine (C=N–C) groups is 1. The van der Waals surface area contributed by atoms with Gasteiger partial charge in [0.25, 0.3) is 5.91 Å². The number of anilines is 1. The summed E-state index contributed by atoms with van der Waals surface area (Å²) in [5.74, 6) is -1.35. The molecular weight excluding hydrogens is 439 g/mol. The van der Waals surface area contributed by atoms with Gasteiger partial charge >= 0.3 is 0 Å². The number of hydrogen-bond acceptors (Lipinski definition) is 5. The third-order valence-corrected chi connectivity index (χ3v) is 4.81. The maximum absolute atomic E-state index is 13.1. The summed E-state index contributed by atoms with van der Waals surface area (Å²) in [6.07, 6.45) is 0.279. The summed E-state index contributed by atoms with van der Waals surface area (Å²) in [6.45, 7) is 0.0767. The lowest BCUT2D eigenvalue weighted by Gasteiger charge is -2.15. The van der Waals surface area contributed by atoms with E-state index in [0.717, 1.165) is 5.56 Å². The highest BCUT2D eigenvalue weighted by Crippen LogP contribution is 2.25. The van der Waals surface area contributed by atoms with Crippen LogP contribution in [0.4, 0.5) is 15.8 Å². The topological polar surface area (TPSA) is 172 Å². The van der Waals surface area contributed by atoms with E-state index in [1.54, 1.807) is 36.4 Å². The Hall–Kier alpha value is -4.44. The predicted octanol–water partition coefficient (Wildman–Crippen LogP) is 1.92. The molecule has 10 heteroatoms. The van der Waals surface area contributed by atoms with Gasteiger partial charge in [-0.3, -0.25) is 9.59 Å². The number of ether oxygens (including phenoxy) is 1. The van der Waals surface area contributed by atoms with E-state index >= 15 is 0 Å². The molecule has 0 aliphatic carbocycles. The standard InChI is InChI=1S/C24H25FN6O3/c25-16-5-1-15(2-6-16)13-34-21-12-18(9-10-19(21)22(27)32)30-23(33)20(26)11-14-3-7-17(8-4-14)31-24(28)29/h1-10,12,20H,11,13,26H2,(H2,27,32)(H,30,33)(H4,28,29,31)/t20-/m0/s1. The first kappa shape index (κ1) is 24.2. The highest BCUT2D eigenvalue weighted by molar-refractivity contribution is 5.98. The maximum Gasteiger partial charge on any atom is 0.252 e. The van der Waals surface area contributed by atoms with Crippen LogP contribution in [-0.2, 0) is 17.8 Å². The van der Waals surface area contributed by atoms with Crippen LogP contribution < -0.4 is 33.0 Å². The van der Waals surface area contributed by atoms with Gasteiger partial charge in [0.05, 0.1) is 17.3 Å². The summed E-state index contributed by atoms with van der Waals surface area (Å²) in [6, 6.07) is 16.3. The Bertz CT molecular complexity index is 1190. The van der Waals surface area contributed by atoms with Crippen LogP contribution in [0.25, 0.3) is 0 Å². The van der Waals surface area contributed by atoms with Crippen molar-refractivity contribution in [2.75, 3.05) is 5.32 Å². The second-order valence-corrected chi connectivity index (χ2v) is 7.49. The van der Waals surface area contributed by atoms with E-state index in [1.165, 1.54) is 30.3 Å². The molecule has 0 fully saturated rings. The smallest absolute Gasteiger partial charge is 0.252 e. The highest BCUT2D eigenvalue weighted by atomic mass is 19.1. The molecule has 0 bridgehead atoms. The molecule has 0 unspecified atom stereocenters. The fourth-order valence-electron chi connectivity index (χ4n) is 3.10. The Morgan fingerprint density at radius 1 is 0.941 bits per heavy atom. The normalized spacial score (nSPS) is 11.4. The van der Waals surface area contributed by atoms with Crippen molar-refractivity contribution in [2.45, 2.75) is 19.1 Å². The van der Waals surface area contributed by atoms with Crippen LogP contribution in [-0.4, -0.2) is 23.8 Å². The lowest BCUT2D eigenvalue weighted by Crippen LogP contribution is -2.37. The average Bonchev–Trinajstić information content (AvgIpc) is 2.79. The zero-order chi connectivity index (χ0) is 24.7. The van der Waals surface area contributed by atoms with Crippen LogP contribution >= 0.6 is 0 Å². The van der Waals surface area contributed by atoms with Crippen LogP contribution in [0.1, 0.15) is 21.5 Å². The van der Waals surface area contributed by atoms with E-state index in [1.807, 2.05) is 0 Å². The van der Waals surface area contributed by atoms with Crippen molar-refractivity contribution in [3.63, 3.8) is 0 Å². The first-order valence-electron chi connectivity index (χ1n) is 10.3. The van der Waals surface area contributed by atoms with Crippen LogP contribution in [0.2, 0.25) is 0 Å². The molecule has 0 spiro atoms. The van der Waals surface area contributed by atoms with Crippen molar-refractivity contribution in [3.8, 4) is 5.75 Å². The van der Waals surface area contributed by atoms with Crippen molar-refractivity contribution in [1.82, 2.24) is 0 Å². The third-order valence-electron chi connectivity index (χ3n) is 4.81. The summed E-state index contributed by atoms with van der Waals surface area (Å²) in [5.41, 5.74) is 24.8. The van der Waals surface area contributed by atoms with E-state index in [4.69, 9.17) is 27.7 Å². The Labute approximate surface area is 195 Å². The molecule has 2 amide bonds. The molecule has 34 heavy (non-hydrogen) atoms. The van der Waals surface area contributed by atoms with Gasteiger partial charge in [-0.2, -0.15) is 0 Å². The maximum atomic E-state index is 13.1. The number of halogens is 1. The van der Waals surface area contributed by atoms with Crippen LogP contribution in [0.15, 0.2) is 71.7 Å². The largest absolute Gasteiger partial charge is 0.488 e. The lowest BCUT2D eigenvalue weighted by molar-refractivity contribution is -0.117. The molecule has 0 saturated heterocycles. The number of nitrogens with one attached hydrogen (secondary N) is 1. The highest BCUT2D eigenvalue weighted by Gasteiger charge is 2.17. The summed E-state index contributed by atoms with van der Waals surface area (Å²) in [5, 5.41) is 2.71. The first-order valence-corrected chi connectivity index (χ1v) is 10.3. The molecule has 3 aromatic rings. The summed E-state index contributed by atoms with van der Waals surface area (Å²) < 4.78 is 18.8. The van der Waals surface area contributed by atoms with Crippen LogP contribution in [0.3, 0.4) is 0 Å². The second-order valence-electron chi connectivity index (χ2n) is 7.49. The molecule has 3 aromatic carbocycles. The fourth-order valence-corrected chi connectivity index (χ4v) is 3.10. The Kier molecular flexibility index (Phi) is 7.78. The van der Waals surface area contributed by atoms with Gasteiger partial charge in [0, 0.05) is 11.8 Å². The predicted molar refractivity (Wildman–Crippen MR) is 128 cm³/mol. The molecule has 0 aliphatic heterocycles. The number of nitrogens with two attached hydrogens (primary N) is 4. The number of benzene rings is 3. The molecular formula is C24H25FN6O3. The van der Waals surface area contributed by atoms with Crippen molar-refractivity contribution in [3.05, 3.63) is 89.2 Å². The molecule has 9 N–H and O–H groups in total. The minimum atomic E-state index is -0.840. The molecule has 0 radical (unpaired) electrons. The molecule has 1 atom stereocenters. The average molecular weight is 465 g/mol. The zero-order valence-corrected chi connectivity index (χ0v) is 18.2. The van der Waals surface area contributed by atoms with Gasteiger partial charge in [0.2, 0.25) is 5.91 Å². The minimum Gasteiger partial charge on any atom is -0.488 e. The molecule has 0 aliphatic rings. The van der Waals surface area contributed by atoms with Gasteiger partial charge in [-0.05, 0) is 53.9 Å². The zero-order valence-electron chi connectivity index (χ0n) is 18.2. The van der Waals surface area contributed by atoms with Crippen molar-refractivity contribution in [2.24, 2.45) is 27.9 Å². The molecule has 176 valence electrons. The number of carbonyl (C=O) groups is 2. The Balaban J connectivity index is 1.66. The van der Waals surface area contributed by atoms with Crippen molar-refractivity contribution < 1.29 is 18.7 Å². The van der Waals surface area contributed by atoms with Gasteiger partial charge in [-0.15, -0.1) is 0 Å². The molecule has 0 saturated carbocycles. The Morgan fingerprint density at radius 3 is 2.21 bits per heavy atom. The number of carbonyl (C=O) groups excluding carboxylic acids is 2. The van der Waals surface area contributed by atoms with Gasteiger partial charge in [-0.1, -0.05) is 24.3 Å². The summed E-state index contributed by atoms with van der Waals surface area (Å²) >= 11 is 0. The van der Waals surface area contributed by atoms with E-state index < -0.39 is 17.9 Å². The molecule has 9 nitrogen and oxygen atoms in total. The Morgan fingerprint density at radius 2 is 1.59 bits per heavy atom. The monoisotopic (exact) mass is 464 g/mol. The summed E-state index contributed by atoms with van der Waals surface area (Å²) in [4.78, 5) is 28.3. The number of primary amides is 1. The molecule has 0 heterocycles. The lowest BCUT2D eigenvalue weighted by atomic mass is 10.1. The van der Waals surface area contributed by atoms with Gasteiger partial charge < -0.3 is 33.0 Å². The van der Waals surface area contributed by atoms with E-state index in [9.17, 15) is 14.0 Å². The van der Waals surface area contributed by atoms with Gasteiger partial charge in [0.15, 0.2) is 5.96 Å². The van der Waals surface area contributed by atoms with Crippen LogP contribution in [0, 0.1) is 5.82 Å². The van der Waals surface area contributed by atoms with Crippen LogP contribution in [0.5, 0.6) is 5.75 Å². The van der Waals surface area contributed by atoms with E-state index in [-0.39, 0.29) is 36.1 Å². The van der Waals surface area contributed by atoms with Gasteiger partial charge in [0.1, 0.15) is 18.2 Å². The number of hydrogen-bond donors (Lipinski definition) is 5. The first-order chi connectivity index (χ1) is 16.2. The molecule has 0 aromatic heterocycles. The second kappa shape index (κ2) is 10.9. The van der Waals surface area contributed by atoms with Crippen molar-refractivity contribution in [1.29, 1.82) is 0 Å². The van der Waals surface area contributed by atoms with Crippen molar-refractivity contribution >= 4 is 29.1 Å². The summed E-state index contributed by atoms with van der Waals surface area (Å²) in [7, 11) is 0. The number of guanidine groups is 1. The van der Waals surface area contributed by atoms with Gasteiger partial charge in [-0.25, -0.2) is 9.38 Å².